The SMILES string of the molecule is Cc1ccc(Oc2ncccc2C(N)=O)c(Br)c1. The second-order valence-corrected chi connectivity index (χ2v) is 4.61. The molecule has 0 spiro atoms. The van der Waals surface area contributed by atoms with Crippen molar-refractivity contribution in [1.82, 2.24) is 4.98 Å². The number of pyridine rings is 1. The van der Waals surface area contributed by atoms with Gasteiger partial charge in [-0.15, -0.1) is 0 Å². The molecule has 0 aliphatic carbocycles. The number of halogens is 1. The Bertz CT molecular complexity index is 599. The predicted octanol–water partition coefficient (Wildman–Crippen LogP) is 3.04. The zero-order chi connectivity index (χ0) is 13.1. The average Bonchev–Trinajstić information content (AvgIpc) is 2.33. The predicted molar refractivity (Wildman–Crippen MR) is 71.7 cm³/mol. The van der Waals surface area contributed by atoms with E-state index in [1.807, 2.05) is 19.1 Å². The largest absolute Gasteiger partial charge is 0.437 e. The maximum Gasteiger partial charge on any atom is 0.254 e. The van der Waals surface area contributed by atoms with Crippen molar-refractivity contribution in [2.75, 3.05) is 0 Å². The highest BCUT2D eigenvalue weighted by Crippen LogP contribution is 2.30. The standard InChI is InChI=1S/C13H11BrN2O2/c1-8-4-5-11(10(14)7-8)18-13-9(12(15)17)3-2-6-16-13/h2-7H,1H3,(H2,15,17). The molecule has 1 heterocycles. The fraction of sp³-hybridized carbons (Fsp3) is 0.0769. The zero-order valence-electron chi connectivity index (χ0n) is 9.68. The van der Waals surface area contributed by atoms with Gasteiger partial charge in [-0.25, -0.2) is 4.98 Å². The van der Waals surface area contributed by atoms with E-state index in [4.69, 9.17) is 10.5 Å². The minimum absolute atomic E-state index is 0.203. The Morgan fingerprint density at radius 1 is 1.39 bits per heavy atom. The Labute approximate surface area is 113 Å². The molecule has 1 aromatic heterocycles. The van der Waals surface area contributed by atoms with Gasteiger partial charge < -0.3 is 10.5 Å². The molecule has 0 saturated carbocycles. The van der Waals surface area contributed by atoms with E-state index in [9.17, 15) is 4.79 Å². The first kappa shape index (κ1) is 12.6. The third kappa shape index (κ3) is 2.68. The first-order valence-corrected chi connectivity index (χ1v) is 6.06. The van der Waals surface area contributed by atoms with Crippen LogP contribution in [0.3, 0.4) is 0 Å². The smallest absolute Gasteiger partial charge is 0.254 e. The molecule has 0 radical (unpaired) electrons. The Kier molecular flexibility index (Phi) is 3.62. The van der Waals surface area contributed by atoms with E-state index < -0.39 is 5.91 Å². The molecule has 0 saturated heterocycles. The number of rotatable bonds is 3. The van der Waals surface area contributed by atoms with Crippen molar-refractivity contribution in [3.05, 3.63) is 52.1 Å². The lowest BCUT2D eigenvalue weighted by atomic mass is 10.2. The quantitative estimate of drug-likeness (QED) is 0.948. The number of primary amides is 1. The lowest BCUT2D eigenvalue weighted by Crippen LogP contribution is -2.12. The molecule has 5 heteroatoms. The first-order chi connectivity index (χ1) is 8.58. The summed E-state index contributed by atoms with van der Waals surface area (Å²) in [5.41, 5.74) is 6.62. The molecular weight excluding hydrogens is 296 g/mol. The summed E-state index contributed by atoms with van der Waals surface area (Å²) in [6.07, 6.45) is 1.55. The van der Waals surface area contributed by atoms with Crippen LogP contribution >= 0.6 is 15.9 Å². The van der Waals surface area contributed by atoms with E-state index >= 15 is 0 Å². The van der Waals surface area contributed by atoms with Gasteiger partial charge in [-0.1, -0.05) is 6.07 Å². The van der Waals surface area contributed by atoms with E-state index in [1.165, 1.54) is 0 Å². The van der Waals surface area contributed by atoms with Crippen LogP contribution in [0, 0.1) is 6.92 Å². The van der Waals surface area contributed by atoms with Crippen molar-refractivity contribution in [3.63, 3.8) is 0 Å². The summed E-state index contributed by atoms with van der Waals surface area (Å²) < 4.78 is 6.39. The zero-order valence-corrected chi connectivity index (χ0v) is 11.3. The highest BCUT2D eigenvalue weighted by atomic mass is 79.9. The van der Waals surface area contributed by atoms with E-state index in [-0.39, 0.29) is 11.4 Å². The van der Waals surface area contributed by atoms with Gasteiger partial charge in [0.25, 0.3) is 5.91 Å². The van der Waals surface area contributed by atoms with Crippen molar-refractivity contribution in [2.24, 2.45) is 5.73 Å². The van der Waals surface area contributed by atoms with E-state index in [0.717, 1.165) is 10.0 Å². The summed E-state index contributed by atoms with van der Waals surface area (Å²) in [5.74, 6) is 0.220. The van der Waals surface area contributed by atoms with Crippen molar-refractivity contribution in [3.8, 4) is 11.6 Å². The monoisotopic (exact) mass is 306 g/mol. The van der Waals surface area contributed by atoms with Gasteiger partial charge in [-0.3, -0.25) is 4.79 Å². The van der Waals surface area contributed by atoms with Crippen LogP contribution in [0.15, 0.2) is 41.0 Å². The van der Waals surface area contributed by atoms with Crippen LogP contribution in [0.5, 0.6) is 11.6 Å². The molecule has 0 bridgehead atoms. The number of hydrogen-bond acceptors (Lipinski definition) is 3. The normalized spacial score (nSPS) is 10.1. The number of carbonyl (C=O) groups excluding carboxylic acids is 1. The summed E-state index contributed by atoms with van der Waals surface area (Å²) in [7, 11) is 0. The second-order valence-electron chi connectivity index (χ2n) is 3.76. The summed E-state index contributed by atoms with van der Waals surface area (Å²) in [4.78, 5) is 15.3. The van der Waals surface area contributed by atoms with E-state index in [1.54, 1.807) is 24.4 Å². The molecule has 1 aromatic carbocycles. The van der Waals surface area contributed by atoms with Crippen LogP contribution in [0.4, 0.5) is 0 Å². The number of nitrogens with two attached hydrogens (primary N) is 1. The van der Waals surface area contributed by atoms with Gasteiger partial charge >= 0.3 is 0 Å². The van der Waals surface area contributed by atoms with Crippen LogP contribution in [0.25, 0.3) is 0 Å². The molecule has 0 atom stereocenters. The van der Waals surface area contributed by atoms with Gasteiger partial charge in [-0.2, -0.15) is 0 Å². The fourth-order valence-corrected chi connectivity index (χ4v) is 2.03. The lowest BCUT2D eigenvalue weighted by Gasteiger charge is -2.09. The van der Waals surface area contributed by atoms with Crippen molar-refractivity contribution < 1.29 is 9.53 Å². The van der Waals surface area contributed by atoms with Crippen LogP contribution in [-0.2, 0) is 0 Å². The topological polar surface area (TPSA) is 65.2 Å². The van der Waals surface area contributed by atoms with Crippen molar-refractivity contribution >= 4 is 21.8 Å². The highest BCUT2D eigenvalue weighted by Gasteiger charge is 2.12. The molecule has 0 fully saturated rings. The third-order valence-electron chi connectivity index (χ3n) is 2.33. The van der Waals surface area contributed by atoms with Crippen molar-refractivity contribution in [1.29, 1.82) is 0 Å². The minimum atomic E-state index is -0.568. The van der Waals surface area contributed by atoms with Gasteiger partial charge in [0.05, 0.1) is 4.47 Å². The average molecular weight is 307 g/mol. The second kappa shape index (κ2) is 5.18. The molecule has 0 unspecified atom stereocenters. The lowest BCUT2D eigenvalue weighted by molar-refractivity contribution is 0.0997. The number of ether oxygens (including phenoxy) is 1. The molecular formula is C13H11BrN2O2. The summed E-state index contributed by atoms with van der Waals surface area (Å²) in [6.45, 7) is 1.98. The third-order valence-corrected chi connectivity index (χ3v) is 2.95. The number of aromatic nitrogens is 1. The van der Waals surface area contributed by atoms with Gasteiger partial charge in [-0.05, 0) is 52.7 Å². The molecule has 2 aromatic rings. The molecule has 18 heavy (non-hydrogen) atoms. The van der Waals surface area contributed by atoms with E-state index in [0.29, 0.717) is 5.75 Å². The maximum atomic E-state index is 11.2. The molecule has 0 aliphatic heterocycles. The Morgan fingerprint density at radius 2 is 2.17 bits per heavy atom. The Hall–Kier alpha value is -1.88. The number of aryl methyl sites for hydroxylation is 1. The van der Waals surface area contributed by atoms with E-state index in [2.05, 4.69) is 20.9 Å². The van der Waals surface area contributed by atoms with Gasteiger partial charge in [0, 0.05) is 6.20 Å². The van der Waals surface area contributed by atoms with Crippen LogP contribution < -0.4 is 10.5 Å². The maximum absolute atomic E-state index is 11.2. The molecule has 2 N–H and O–H groups in total. The number of amides is 1. The van der Waals surface area contributed by atoms with Crippen molar-refractivity contribution in [2.45, 2.75) is 6.92 Å². The molecule has 4 nitrogen and oxygen atoms in total. The van der Waals surface area contributed by atoms with Gasteiger partial charge in [0.1, 0.15) is 11.3 Å². The number of nitrogens with zero attached hydrogens (tertiary/aromatic N) is 1. The number of carbonyl (C=O) groups is 1. The number of benzene rings is 1. The molecule has 1 amide bonds. The summed E-state index contributed by atoms with van der Waals surface area (Å²) in [6, 6.07) is 8.85. The van der Waals surface area contributed by atoms with Gasteiger partial charge in [0.2, 0.25) is 5.88 Å². The van der Waals surface area contributed by atoms with Crippen LogP contribution in [0.2, 0.25) is 0 Å². The summed E-state index contributed by atoms with van der Waals surface area (Å²) in [5, 5.41) is 0. The minimum Gasteiger partial charge on any atom is -0.437 e. The van der Waals surface area contributed by atoms with Crippen LogP contribution in [0.1, 0.15) is 15.9 Å². The fourth-order valence-electron chi connectivity index (χ4n) is 1.45. The molecule has 92 valence electrons. The molecule has 2 rings (SSSR count). The Balaban J connectivity index is 2.37. The Morgan fingerprint density at radius 3 is 2.83 bits per heavy atom. The van der Waals surface area contributed by atoms with Crippen LogP contribution in [-0.4, -0.2) is 10.9 Å². The van der Waals surface area contributed by atoms with Gasteiger partial charge in [0.15, 0.2) is 0 Å². The summed E-state index contributed by atoms with van der Waals surface area (Å²) >= 11 is 3.40. The first-order valence-electron chi connectivity index (χ1n) is 5.27. The highest BCUT2D eigenvalue weighted by molar-refractivity contribution is 9.10. The number of hydrogen-bond donors (Lipinski definition) is 1. The molecule has 0 aliphatic rings.